The van der Waals surface area contributed by atoms with E-state index in [1.807, 2.05) is 6.92 Å². The highest BCUT2D eigenvalue weighted by Crippen LogP contribution is 2.06. The number of halogens is 2. The number of nitrogens with one attached hydrogen (secondary N) is 1. The minimum atomic E-state index is -0.797. The van der Waals surface area contributed by atoms with Crippen molar-refractivity contribution in [2.75, 3.05) is 5.32 Å². The molecule has 0 saturated carbocycles. The van der Waals surface area contributed by atoms with E-state index in [0.29, 0.717) is 0 Å². The third kappa shape index (κ3) is 6.99. The zero-order chi connectivity index (χ0) is 9.68. The number of pyridine rings is 1. The quantitative estimate of drug-likeness (QED) is 0.863. The fraction of sp³-hybridized carbons (Fsp3) is 0.333. The van der Waals surface area contributed by atoms with Gasteiger partial charge in [-0.1, -0.05) is 0 Å². The first kappa shape index (κ1) is 16.4. The van der Waals surface area contributed by atoms with Gasteiger partial charge in [-0.25, -0.2) is 0 Å². The number of carboxylic acid groups (broad SMARTS) is 1. The molecular formula is C9H14Cl2N2O2. The van der Waals surface area contributed by atoms with E-state index in [1.165, 1.54) is 0 Å². The Hall–Kier alpha value is -1.00. The lowest BCUT2D eigenvalue weighted by atomic mass is 10.2. The summed E-state index contributed by atoms with van der Waals surface area (Å²) in [4.78, 5) is 14.2. The third-order valence-electron chi connectivity index (χ3n) is 1.57. The number of rotatable bonds is 4. The van der Waals surface area contributed by atoms with Gasteiger partial charge in [-0.3, -0.25) is 9.78 Å². The highest BCUT2D eigenvalue weighted by Gasteiger charge is 2.06. The lowest BCUT2D eigenvalue weighted by Gasteiger charge is -2.12. The van der Waals surface area contributed by atoms with Crippen LogP contribution in [0.3, 0.4) is 0 Å². The van der Waals surface area contributed by atoms with Gasteiger partial charge in [-0.15, -0.1) is 24.8 Å². The van der Waals surface area contributed by atoms with Gasteiger partial charge in [-0.05, 0) is 19.1 Å². The van der Waals surface area contributed by atoms with Crippen LogP contribution in [0.4, 0.5) is 5.69 Å². The van der Waals surface area contributed by atoms with E-state index in [9.17, 15) is 4.79 Å². The summed E-state index contributed by atoms with van der Waals surface area (Å²) in [5.74, 6) is -0.797. The van der Waals surface area contributed by atoms with Crippen molar-refractivity contribution in [1.29, 1.82) is 0 Å². The maximum Gasteiger partial charge on any atom is 0.305 e. The summed E-state index contributed by atoms with van der Waals surface area (Å²) in [7, 11) is 0. The van der Waals surface area contributed by atoms with Crippen molar-refractivity contribution in [2.24, 2.45) is 0 Å². The van der Waals surface area contributed by atoms with Gasteiger partial charge < -0.3 is 10.4 Å². The van der Waals surface area contributed by atoms with E-state index in [1.54, 1.807) is 24.5 Å². The Morgan fingerprint density at radius 1 is 1.47 bits per heavy atom. The number of nitrogens with zero attached hydrogens (tertiary/aromatic N) is 1. The number of hydrogen-bond acceptors (Lipinski definition) is 3. The lowest BCUT2D eigenvalue weighted by molar-refractivity contribution is -0.137. The molecule has 4 nitrogen and oxygen atoms in total. The number of hydrogen-bond donors (Lipinski definition) is 2. The van der Waals surface area contributed by atoms with Crippen LogP contribution >= 0.6 is 24.8 Å². The summed E-state index contributed by atoms with van der Waals surface area (Å²) < 4.78 is 0. The number of aliphatic carboxylic acids is 1. The van der Waals surface area contributed by atoms with Crippen molar-refractivity contribution in [2.45, 2.75) is 19.4 Å². The second-order valence-corrected chi connectivity index (χ2v) is 2.88. The van der Waals surface area contributed by atoms with Gasteiger partial charge in [0.2, 0.25) is 0 Å². The highest BCUT2D eigenvalue weighted by molar-refractivity contribution is 5.85. The van der Waals surface area contributed by atoms with Gasteiger partial charge in [0.25, 0.3) is 0 Å². The standard InChI is InChI=1S/C9H12N2O2.2ClH/c1-7(6-9(12)13)11-8-2-4-10-5-3-8;;/h2-5,7H,6H2,1H3,(H,10,11)(H,12,13);2*1H/t7-;;/m1../s1. The lowest BCUT2D eigenvalue weighted by Crippen LogP contribution is -2.19. The van der Waals surface area contributed by atoms with E-state index in [-0.39, 0.29) is 37.3 Å². The molecule has 0 aliphatic heterocycles. The zero-order valence-electron chi connectivity index (χ0n) is 8.21. The summed E-state index contributed by atoms with van der Waals surface area (Å²) in [6, 6.07) is 3.54. The normalized spacial score (nSPS) is 10.5. The molecule has 1 atom stereocenters. The Labute approximate surface area is 101 Å². The zero-order valence-corrected chi connectivity index (χ0v) is 9.85. The van der Waals surface area contributed by atoms with Crippen LogP contribution in [0.15, 0.2) is 24.5 Å². The number of anilines is 1. The smallest absolute Gasteiger partial charge is 0.305 e. The number of carbonyl (C=O) groups is 1. The molecule has 0 amide bonds. The topological polar surface area (TPSA) is 62.2 Å². The Balaban J connectivity index is 0. The highest BCUT2D eigenvalue weighted by atomic mass is 35.5. The first-order valence-corrected chi connectivity index (χ1v) is 4.07. The van der Waals surface area contributed by atoms with Crippen LogP contribution in [-0.2, 0) is 4.79 Å². The maximum atomic E-state index is 10.3. The Bertz CT molecular complexity index is 283. The summed E-state index contributed by atoms with van der Waals surface area (Å²) in [6.07, 6.45) is 3.44. The molecule has 15 heavy (non-hydrogen) atoms. The number of aromatic nitrogens is 1. The van der Waals surface area contributed by atoms with E-state index in [2.05, 4.69) is 10.3 Å². The van der Waals surface area contributed by atoms with Crippen LogP contribution in [-0.4, -0.2) is 22.1 Å². The van der Waals surface area contributed by atoms with Crippen molar-refractivity contribution < 1.29 is 9.90 Å². The van der Waals surface area contributed by atoms with Crippen molar-refractivity contribution in [3.63, 3.8) is 0 Å². The van der Waals surface area contributed by atoms with Crippen LogP contribution < -0.4 is 5.32 Å². The monoisotopic (exact) mass is 252 g/mol. The summed E-state index contributed by atoms with van der Waals surface area (Å²) >= 11 is 0. The summed E-state index contributed by atoms with van der Waals surface area (Å²) in [5.41, 5.74) is 0.892. The minimum absolute atomic E-state index is 0. The predicted octanol–water partition coefficient (Wildman–Crippen LogP) is 2.20. The fourth-order valence-corrected chi connectivity index (χ4v) is 1.05. The molecule has 0 aliphatic rings. The molecule has 1 rings (SSSR count). The van der Waals surface area contributed by atoms with Gasteiger partial charge in [-0.2, -0.15) is 0 Å². The molecule has 0 unspecified atom stereocenters. The maximum absolute atomic E-state index is 10.3. The largest absolute Gasteiger partial charge is 0.481 e. The predicted molar refractivity (Wildman–Crippen MR) is 64.1 cm³/mol. The van der Waals surface area contributed by atoms with Gasteiger partial charge >= 0.3 is 5.97 Å². The van der Waals surface area contributed by atoms with Crippen molar-refractivity contribution >= 4 is 36.5 Å². The molecule has 6 heteroatoms. The molecule has 1 heterocycles. The van der Waals surface area contributed by atoms with E-state index < -0.39 is 5.97 Å². The molecule has 0 radical (unpaired) electrons. The Morgan fingerprint density at radius 2 is 2.00 bits per heavy atom. The molecule has 1 aromatic rings. The second-order valence-electron chi connectivity index (χ2n) is 2.88. The van der Waals surface area contributed by atoms with E-state index >= 15 is 0 Å². The van der Waals surface area contributed by atoms with Crippen LogP contribution in [0, 0.1) is 0 Å². The first-order valence-electron chi connectivity index (χ1n) is 4.07. The molecule has 0 bridgehead atoms. The second kappa shape index (κ2) is 8.32. The fourth-order valence-electron chi connectivity index (χ4n) is 1.05. The van der Waals surface area contributed by atoms with E-state index in [0.717, 1.165) is 5.69 Å². The van der Waals surface area contributed by atoms with Crippen LogP contribution in [0.2, 0.25) is 0 Å². The van der Waals surface area contributed by atoms with Crippen LogP contribution in [0.1, 0.15) is 13.3 Å². The molecular weight excluding hydrogens is 239 g/mol. The average Bonchev–Trinajstić information content (AvgIpc) is 2.04. The van der Waals surface area contributed by atoms with E-state index in [4.69, 9.17) is 5.11 Å². The van der Waals surface area contributed by atoms with Gasteiger partial charge in [0.15, 0.2) is 0 Å². The minimum Gasteiger partial charge on any atom is -0.481 e. The molecule has 0 saturated heterocycles. The molecule has 0 aliphatic carbocycles. The number of carboxylic acids is 1. The van der Waals surface area contributed by atoms with Crippen molar-refractivity contribution in [3.8, 4) is 0 Å². The van der Waals surface area contributed by atoms with Crippen LogP contribution in [0.5, 0.6) is 0 Å². The molecule has 0 fully saturated rings. The molecule has 0 spiro atoms. The first-order chi connectivity index (χ1) is 6.18. The summed E-state index contributed by atoms with van der Waals surface area (Å²) in [5, 5.41) is 11.6. The average molecular weight is 253 g/mol. The van der Waals surface area contributed by atoms with Gasteiger partial charge in [0.05, 0.1) is 6.42 Å². The Kier molecular flexibility index (Phi) is 9.11. The third-order valence-corrected chi connectivity index (χ3v) is 1.57. The van der Waals surface area contributed by atoms with Crippen molar-refractivity contribution in [1.82, 2.24) is 4.98 Å². The molecule has 86 valence electrons. The van der Waals surface area contributed by atoms with Crippen LogP contribution in [0.25, 0.3) is 0 Å². The van der Waals surface area contributed by atoms with Gasteiger partial charge in [0.1, 0.15) is 0 Å². The SMILES string of the molecule is C[C@H](CC(=O)O)Nc1ccncc1.Cl.Cl. The van der Waals surface area contributed by atoms with Gasteiger partial charge in [0, 0.05) is 24.1 Å². The summed E-state index contributed by atoms with van der Waals surface area (Å²) in [6.45, 7) is 1.83. The molecule has 1 aromatic heterocycles. The molecule has 2 N–H and O–H groups in total. The van der Waals surface area contributed by atoms with Crippen molar-refractivity contribution in [3.05, 3.63) is 24.5 Å². The Morgan fingerprint density at radius 3 is 2.47 bits per heavy atom. The molecule has 0 aromatic carbocycles.